The van der Waals surface area contributed by atoms with E-state index in [1.54, 1.807) is 18.9 Å². The van der Waals surface area contributed by atoms with Crippen LogP contribution in [0, 0.1) is 18.8 Å². The highest BCUT2D eigenvalue weighted by molar-refractivity contribution is 7.90. The number of rotatable bonds is 13. The highest BCUT2D eigenvalue weighted by Crippen LogP contribution is 2.43. The van der Waals surface area contributed by atoms with E-state index < -0.39 is 9.92 Å². The van der Waals surface area contributed by atoms with Crippen molar-refractivity contribution in [2.24, 2.45) is 10.3 Å². The summed E-state index contributed by atoms with van der Waals surface area (Å²) < 4.78 is 19.3. The van der Waals surface area contributed by atoms with Crippen molar-refractivity contribution in [3.05, 3.63) is 76.5 Å². The van der Waals surface area contributed by atoms with Gasteiger partial charge in [-0.1, -0.05) is 86.1 Å². The minimum atomic E-state index is -2.27. The first kappa shape index (κ1) is 39.5. The van der Waals surface area contributed by atoms with Gasteiger partial charge in [0.25, 0.3) is 0 Å². The maximum atomic E-state index is 13.0. The molecule has 0 aromatic heterocycles. The third-order valence-electron chi connectivity index (χ3n) is 8.03. The molecule has 4 nitrogen and oxygen atoms in total. The van der Waals surface area contributed by atoms with Crippen LogP contribution in [0.3, 0.4) is 0 Å². The zero-order valence-corrected chi connectivity index (χ0v) is 29.3. The standard InChI is InChI=1S/C33H53N3OS.C2H6.C2H2/c1-9-12-18-31(28(5)11-3)33(29-20-24-36(25-21-29)38(8,37)34-6)32-19-14-13-17-30(32)26-27(4)16-15-23-35(7)22-10-2;2*1-2/h9-10,12-14,17,19,22,26,29,33H,11,15-16,18,20-21,23-25H2,1-8H3;1-2H3;1-2H/b12-9-,22-10-,27-26+,31-28+;;. The van der Waals surface area contributed by atoms with Crippen molar-refractivity contribution in [3.8, 4) is 12.8 Å². The summed E-state index contributed by atoms with van der Waals surface area (Å²) >= 11 is 0. The summed E-state index contributed by atoms with van der Waals surface area (Å²) in [6, 6.07) is 9.05. The van der Waals surface area contributed by atoms with Gasteiger partial charge in [0, 0.05) is 45.9 Å². The van der Waals surface area contributed by atoms with Crippen LogP contribution in [0.25, 0.3) is 6.08 Å². The fraction of sp³-hybridized carbons (Fsp3) is 0.568. The van der Waals surface area contributed by atoms with Crippen LogP contribution in [0.4, 0.5) is 0 Å². The molecule has 1 aliphatic rings. The monoisotopic (exact) mass is 595 g/mol. The van der Waals surface area contributed by atoms with Gasteiger partial charge in [-0.05, 0) is 89.5 Å². The molecule has 0 radical (unpaired) electrons. The molecular formula is C37H61N3OS. The first-order valence-corrected chi connectivity index (χ1v) is 17.6. The Hall–Kier alpha value is -2.55. The lowest BCUT2D eigenvalue weighted by Crippen LogP contribution is -2.39. The van der Waals surface area contributed by atoms with Gasteiger partial charge in [-0.15, -0.1) is 12.8 Å². The van der Waals surface area contributed by atoms with Crippen LogP contribution in [0.15, 0.2) is 69.8 Å². The lowest BCUT2D eigenvalue weighted by molar-refractivity contribution is 0.260. The molecule has 0 amide bonds. The Bertz CT molecular complexity index is 1160. The topological polar surface area (TPSA) is 35.9 Å². The molecule has 1 aliphatic heterocycles. The van der Waals surface area contributed by atoms with Gasteiger partial charge >= 0.3 is 0 Å². The van der Waals surface area contributed by atoms with Gasteiger partial charge in [0.15, 0.2) is 0 Å². The van der Waals surface area contributed by atoms with E-state index in [1.165, 1.54) is 22.3 Å². The molecule has 1 saturated heterocycles. The molecule has 0 bridgehead atoms. The molecule has 5 heteroatoms. The predicted molar refractivity (Wildman–Crippen MR) is 190 cm³/mol. The summed E-state index contributed by atoms with van der Waals surface area (Å²) in [5.74, 6) is 0.880. The SMILES string of the molecule is C#C.C/C=C\C/C(=C(/C)CC)C(c1ccccc1/C=C(\C)CCCN(C)/C=C\C)C1CCN(S(C)(=O)=NC)CC1.CC. The lowest BCUT2D eigenvalue weighted by Gasteiger charge is -2.38. The Morgan fingerprint density at radius 1 is 1.14 bits per heavy atom. The summed E-state index contributed by atoms with van der Waals surface area (Å²) in [4.78, 5) is 2.26. The van der Waals surface area contributed by atoms with Crippen molar-refractivity contribution < 1.29 is 4.21 Å². The normalized spacial score (nSPS) is 17.4. The molecule has 0 saturated carbocycles. The highest BCUT2D eigenvalue weighted by atomic mass is 32.2. The van der Waals surface area contributed by atoms with Gasteiger partial charge in [0.05, 0.1) is 0 Å². The second-order valence-corrected chi connectivity index (χ2v) is 13.2. The summed E-state index contributed by atoms with van der Waals surface area (Å²) in [7, 11) is 1.56. The van der Waals surface area contributed by atoms with E-state index in [1.807, 2.05) is 13.8 Å². The third-order valence-corrected chi connectivity index (χ3v) is 10.0. The van der Waals surface area contributed by atoms with Crippen LogP contribution in [0.5, 0.6) is 0 Å². The second-order valence-electron chi connectivity index (χ2n) is 10.8. The summed E-state index contributed by atoms with van der Waals surface area (Å²) in [6.07, 6.45) is 27.3. The van der Waals surface area contributed by atoms with Crippen LogP contribution in [0.2, 0.25) is 0 Å². The number of piperidine rings is 1. The molecule has 0 aliphatic carbocycles. The van der Waals surface area contributed by atoms with Crippen LogP contribution in [0.1, 0.15) is 104 Å². The van der Waals surface area contributed by atoms with Gasteiger partial charge in [0.2, 0.25) is 0 Å². The minimum absolute atomic E-state index is 0.362. The molecule has 42 heavy (non-hydrogen) atoms. The number of hydrogen-bond donors (Lipinski definition) is 0. The number of benzene rings is 1. The predicted octanol–water partition coefficient (Wildman–Crippen LogP) is 9.74. The zero-order valence-electron chi connectivity index (χ0n) is 28.5. The Morgan fingerprint density at radius 3 is 2.31 bits per heavy atom. The van der Waals surface area contributed by atoms with E-state index >= 15 is 0 Å². The van der Waals surface area contributed by atoms with Crippen LogP contribution in [-0.2, 0) is 9.92 Å². The molecule has 1 fully saturated rings. The molecule has 2 rings (SSSR count). The quantitative estimate of drug-likeness (QED) is 0.168. The molecule has 0 spiro atoms. The molecular weight excluding hydrogens is 534 g/mol. The Morgan fingerprint density at radius 2 is 1.76 bits per heavy atom. The zero-order chi connectivity index (χ0) is 32.1. The third kappa shape index (κ3) is 12.8. The van der Waals surface area contributed by atoms with Crippen molar-refractivity contribution in [1.82, 2.24) is 9.21 Å². The van der Waals surface area contributed by atoms with Gasteiger partial charge in [-0.3, -0.25) is 0 Å². The average Bonchev–Trinajstić information content (AvgIpc) is 3.01. The maximum absolute atomic E-state index is 13.0. The van der Waals surface area contributed by atoms with E-state index in [0.29, 0.717) is 11.8 Å². The second kappa shape index (κ2) is 22.1. The molecule has 2 unspecified atom stereocenters. The number of hydrogen-bond acceptors (Lipinski definition) is 3. The van der Waals surface area contributed by atoms with E-state index in [0.717, 1.165) is 58.2 Å². The first-order chi connectivity index (χ1) is 20.2. The first-order valence-electron chi connectivity index (χ1n) is 15.8. The lowest BCUT2D eigenvalue weighted by atomic mass is 9.72. The average molecular weight is 596 g/mol. The van der Waals surface area contributed by atoms with Gasteiger partial charge < -0.3 is 4.90 Å². The number of nitrogens with zero attached hydrogens (tertiary/aromatic N) is 3. The highest BCUT2D eigenvalue weighted by Gasteiger charge is 2.33. The summed E-state index contributed by atoms with van der Waals surface area (Å²) in [5, 5.41) is 0. The van der Waals surface area contributed by atoms with Crippen LogP contribution < -0.4 is 0 Å². The molecule has 236 valence electrons. The van der Waals surface area contributed by atoms with Gasteiger partial charge in [0.1, 0.15) is 9.92 Å². The molecule has 1 aromatic rings. The van der Waals surface area contributed by atoms with Gasteiger partial charge in [-0.25, -0.2) is 12.9 Å². The van der Waals surface area contributed by atoms with Crippen molar-refractivity contribution in [2.45, 2.75) is 92.9 Å². The largest absolute Gasteiger partial charge is 0.381 e. The van der Waals surface area contributed by atoms with Gasteiger partial charge in [-0.2, -0.15) is 0 Å². The smallest absolute Gasteiger partial charge is 0.107 e. The number of terminal acetylenes is 1. The number of allylic oxidation sites excluding steroid dienone is 6. The van der Waals surface area contributed by atoms with E-state index in [4.69, 9.17) is 0 Å². The van der Waals surface area contributed by atoms with E-state index in [-0.39, 0.29) is 0 Å². The minimum Gasteiger partial charge on any atom is -0.381 e. The van der Waals surface area contributed by atoms with Crippen LogP contribution in [-0.4, -0.2) is 53.4 Å². The molecule has 0 N–H and O–H groups in total. The fourth-order valence-corrected chi connectivity index (χ4v) is 6.75. The molecule has 2 atom stereocenters. The Labute approximate surface area is 261 Å². The van der Waals surface area contributed by atoms with Crippen molar-refractivity contribution in [1.29, 1.82) is 0 Å². The Kier molecular flexibility index (Phi) is 20.7. The molecule has 1 heterocycles. The summed E-state index contributed by atoms with van der Waals surface area (Å²) in [5.41, 5.74) is 7.29. The van der Waals surface area contributed by atoms with Crippen molar-refractivity contribution >= 4 is 16.0 Å². The van der Waals surface area contributed by atoms with Crippen molar-refractivity contribution in [3.63, 3.8) is 0 Å². The molecule has 1 aromatic carbocycles. The summed E-state index contributed by atoms with van der Waals surface area (Å²) in [6.45, 7) is 17.8. The van der Waals surface area contributed by atoms with Crippen molar-refractivity contribution in [2.75, 3.05) is 40.0 Å². The van der Waals surface area contributed by atoms with Crippen LogP contribution >= 0.6 is 0 Å². The van der Waals surface area contributed by atoms with E-state index in [2.05, 4.69) is 123 Å². The maximum Gasteiger partial charge on any atom is 0.107 e. The van der Waals surface area contributed by atoms with E-state index in [9.17, 15) is 4.21 Å². The fourth-order valence-electron chi connectivity index (χ4n) is 5.63. The Balaban J connectivity index is 0.00000402.